The number of fused-ring (bicyclic) bond motifs is 1. The van der Waals surface area contributed by atoms with Crippen molar-refractivity contribution in [2.75, 3.05) is 12.1 Å². The van der Waals surface area contributed by atoms with E-state index < -0.39 is 0 Å². The average molecular weight is 402 g/mol. The summed E-state index contributed by atoms with van der Waals surface area (Å²) in [5, 5.41) is 6.03. The molecule has 7 heteroatoms. The second-order valence-corrected chi connectivity index (χ2v) is 6.72. The van der Waals surface area contributed by atoms with E-state index in [4.69, 9.17) is 9.47 Å². The Morgan fingerprint density at radius 3 is 2.67 bits per heavy atom. The molecule has 2 heterocycles. The summed E-state index contributed by atoms with van der Waals surface area (Å²) in [5.41, 5.74) is 3.40. The minimum atomic E-state index is -0.240. The van der Waals surface area contributed by atoms with Crippen LogP contribution in [0.1, 0.15) is 28.4 Å². The highest BCUT2D eigenvalue weighted by atomic mass is 16.7. The van der Waals surface area contributed by atoms with Crippen LogP contribution in [0.2, 0.25) is 0 Å². The molecular weight excluding hydrogens is 380 g/mol. The lowest BCUT2D eigenvalue weighted by molar-refractivity contribution is 0.0977. The fourth-order valence-corrected chi connectivity index (χ4v) is 2.95. The fourth-order valence-electron chi connectivity index (χ4n) is 2.95. The quantitative estimate of drug-likeness (QED) is 0.501. The van der Waals surface area contributed by atoms with Gasteiger partial charge in [0.2, 0.25) is 12.8 Å². The molecule has 152 valence electrons. The number of nitrogens with one attached hydrogen (secondary N) is 2. The minimum Gasteiger partial charge on any atom is -0.454 e. The third-order valence-corrected chi connectivity index (χ3v) is 4.63. The highest BCUT2D eigenvalue weighted by molar-refractivity contribution is 6.10. The largest absolute Gasteiger partial charge is 0.454 e. The number of aliphatic imine (C=N–C) groups is 1. The maximum atomic E-state index is 12.8. The predicted molar refractivity (Wildman–Crippen MR) is 115 cm³/mol. The number of hydrogen-bond donors (Lipinski definition) is 2. The zero-order chi connectivity index (χ0) is 20.8. The Hall–Kier alpha value is -3.87. The van der Waals surface area contributed by atoms with Gasteiger partial charge in [-0.2, -0.15) is 0 Å². The van der Waals surface area contributed by atoms with Gasteiger partial charge in [-0.15, -0.1) is 0 Å². The van der Waals surface area contributed by atoms with E-state index in [1.54, 1.807) is 12.4 Å². The molecule has 2 aromatic carbocycles. The normalized spacial score (nSPS) is 12.5. The van der Waals surface area contributed by atoms with Crippen molar-refractivity contribution in [1.29, 1.82) is 0 Å². The van der Waals surface area contributed by atoms with Gasteiger partial charge in [-0.3, -0.25) is 15.1 Å². The molecule has 2 N–H and O–H groups in total. The number of carbonyl (C=O) groups is 1. The highest BCUT2D eigenvalue weighted by Crippen LogP contribution is 2.34. The Kier molecular flexibility index (Phi) is 5.89. The van der Waals surface area contributed by atoms with Gasteiger partial charge in [0.1, 0.15) is 0 Å². The van der Waals surface area contributed by atoms with E-state index in [2.05, 4.69) is 27.5 Å². The number of amides is 1. The Morgan fingerprint density at radius 2 is 1.90 bits per heavy atom. The second-order valence-electron chi connectivity index (χ2n) is 6.72. The van der Waals surface area contributed by atoms with E-state index in [-0.39, 0.29) is 12.7 Å². The molecule has 1 aliphatic rings. The molecule has 0 fully saturated rings. The number of aromatic nitrogens is 1. The van der Waals surface area contributed by atoms with Crippen LogP contribution in [0.3, 0.4) is 0 Å². The van der Waals surface area contributed by atoms with E-state index in [9.17, 15) is 4.79 Å². The van der Waals surface area contributed by atoms with E-state index in [1.165, 1.54) is 5.56 Å². The van der Waals surface area contributed by atoms with Crippen molar-refractivity contribution in [2.24, 2.45) is 4.99 Å². The van der Waals surface area contributed by atoms with Gasteiger partial charge >= 0.3 is 0 Å². The van der Waals surface area contributed by atoms with Gasteiger partial charge < -0.3 is 14.8 Å². The maximum Gasteiger partial charge on any atom is 0.257 e. The van der Waals surface area contributed by atoms with Gasteiger partial charge in [0, 0.05) is 29.7 Å². The van der Waals surface area contributed by atoms with Crippen molar-refractivity contribution in [3.8, 4) is 11.5 Å². The molecule has 0 radical (unpaired) electrons. The van der Waals surface area contributed by atoms with Crippen LogP contribution in [-0.2, 0) is 13.0 Å². The van der Waals surface area contributed by atoms with E-state index in [0.29, 0.717) is 29.6 Å². The summed E-state index contributed by atoms with van der Waals surface area (Å²) < 4.78 is 10.8. The lowest BCUT2D eigenvalue weighted by Gasteiger charge is -2.12. The van der Waals surface area contributed by atoms with Crippen LogP contribution in [0, 0.1) is 0 Å². The SMILES string of the molecule is CCc1ccc(C(=O)NC(=NCc2cccnc2)Nc2ccc3c(c2)OCO3)cc1. The summed E-state index contributed by atoms with van der Waals surface area (Å²) in [6, 6.07) is 16.8. The van der Waals surface area contributed by atoms with Crippen molar-refractivity contribution < 1.29 is 14.3 Å². The van der Waals surface area contributed by atoms with Crippen molar-refractivity contribution in [1.82, 2.24) is 10.3 Å². The molecular formula is C23H22N4O3. The van der Waals surface area contributed by atoms with Crippen LogP contribution in [0.4, 0.5) is 5.69 Å². The predicted octanol–water partition coefficient (Wildman–Crippen LogP) is 3.77. The molecule has 3 aromatic rings. The monoisotopic (exact) mass is 402 g/mol. The van der Waals surface area contributed by atoms with Crippen LogP contribution < -0.4 is 20.1 Å². The summed E-state index contributed by atoms with van der Waals surface area (Å²) in [7, 11) is 0. The van der Waals surface area contributed by atoms with Crippen molar-refractivity contribution in [3.05, 3.63) is 83.7 Å². The zero-order valence-electron chi connectivity index (χ0n) is 16.6. The topological polar surface area (TPSA) is 84.8 Å². The Labute approximate surface area is 174 Å². The number of carbonyl (C=O) groups excluding carboxylic acids is 1. The summed E-state index contributed by atoms with van der Waals surface area (Å²) in [6.07, 6.45) is 4.37. The first kappa shape index (κ1) is 19.4. The summed E-state index contributed by atoms with van der Waals surface area (Å²) in [4.78, 5) is 21.4. The number of pyridine rings is 1. The fraction of sp³-hybridized carbons (Fsp3) is 0.174. The van der Waals surface area contributed by atoms with Crippen LogP contribution in [0.15, 0.2) is 72.0 Å². The Bertz CT molecular complexity index is 1050. The molecule has 0 saturated carbocycles. The second kappa shape index (κ2) is 9.09. The number of rotatable bonds is 5. The molecule has 1 aliphatic heterocycles. The molecule has 0 spiro atoms. The number of hydrogen-bond acceptors (Lipinski definition) is 5. The number of benzene rings is 2. The van der Waals surface area contributed by atoms with Crippen LogP contribution in [0.25, 0.3) is 0 Å². The van der Waals surface area contributed by atoms with Gasteiger partial charge in [0.25, 0.3) is 5.91 Å². The first-order chi connectivity index (χ1) is 14.7. The number of guanidine groups is 1. The average Bonchev–Trinajstić information content (AvgIpc) is 3.26. The molecule has 0 atom stereocenters. The number of anilines is 1. The lowest BCUT2D eigenvalue weighted by atomic mass is 10.1. The van der Waals surface area contributed by atoms with Gasteiger partial charge in [-0.25, -0.2) is 4.99 Å². The van der Waals surface area contributed by atoms with Gasteiger partial charge in [-0.05, 0) is 47.9 Å². The molecule has 0 unspecified atom stereocenters. The van der Waals surface area contributed by atoms with E-state index in [1.807, 2.05) is 54.6 Å². The molecule has 7 nitrogen and oxygen atoms in total. The standard InChI is InChI=1S/C23H22N4O3/c1-2-16-5-7-18(8-6-16)22(28)27-23(25-14-17-4-3-11-24-13-17)26-19-9-10-20-21(12-19)30-15-29-20/h3-13H,2,14-15H2,1H3,(H2,25,26,27,28). The van der Waals surface area contributed by atoms with Crippen molar-refractivity contribution in [3.63, 3.8) is 0 Å². The van der Waals surface area contributed by atoms with Crippen LogP contribution >= 0.6 is 0 Å². The molecule has 30 heavy (non-hydrogen) atoms. The molecule has 0 aliphatic carbocycles. The molecule has 0 saturated heterocycles. The van der Waals surface area contributed by atoms with Crippen molar-refractivity contribution in [2.45, 2.75) is 19.9 Å². The van der Waals surface area contributed by atoms with Crippen molar-refractivity contribution >= 4 is 17.6 Å². The maximum absolute atomic E-state index is 12.8. The van der Waals surface area contributed by atoms with Gasteiger partial charge in [0.15, 0.2) is 11.5 Å². The number of nitrogens with zero attached hydrogens (tertiary/aromatic N) is 2. The van der Waals surface area contributed by atoms with E-state index >= 15 is 0 Å². The smallest absolute Gasteiger partial charge is 0.257 e. The summed E-state index contributed by atoms with van der Waals surface area (Å²) in [6.45, 7) is 2.65. The summed E-state index contributed by atoms with van der Waals surface area (Å²) in [5.74, 6) is 1.43. The summed E-state index contributed by atoms with van der Waals surface area (Å²) >= 11 is 0. The third kappa shape index (κ3) is 4.75. The number of ether oxygens (including phenoxy) is 2. The van der Waals surface area contributed by atoms with E-state index in [0.717, 1.165) is 17.7 Å². The molecule has 0 bridgehead atoms. The molecule has 1 amide bonds. The zero-order valence-corrected chi connectivity index (χ0v) is 16.6. The highest BCUT2D eigenvalue weighted by Gasteiger charge is 2.15. The third-order valence-electron chi connectivity index (χ3n) is 4.63. The molecule has 4 rings (SSSR count). The van der Waals surface area contributed by atoms with Gasteiger partial charge in [-0.1, -0.05) is 25.1 Å². The Balaban J connectivity index is 1.53. The minimum absolute atomic E-state index is 0.200. The first-order valence-electron chi connectivity index (χ1n) is 9.71. The van der Waals surface area contributed by atoms with Crippen LogP contribution in [-0.4, -0.2) is 23.6 Å². The first-order valence-corrected chi connectivity index (χ1v) is 9.71. The lowest BCUT2D eigenvalue weighted by Crippen LogP contribution is -2.36. The molecule has 1 aromatic heterocycles. The Morgan fingerprint density at radius 1 is 1.07 bits per heavy atom. The van der Waals surface area contributed by atoms with Gasteiger partial charge in [0.05, 0.1) is 6.54 Å². The number of aryl methyl sites for hydroxylation is 1. The van der Waals surface area contributed by atoms with Crippen LogP contribution in [0.5, 0.6) is 11.5 Å².